The van der Waals surface area contributed by atoms with Gasteiger partial charge in [-0.1, -0.05) is 38.1 Å². The minimum Gasteiger partial charge on any atom is -0.387 e. The van der Waals surface area contributed by atoms with Crippen molar-refractivity contribution in [2.45, 2.75) is 26.2 Å². The van der Waals surface area contributed by atoms with E-state index in [4.69, 9.17) is 5.11 Å². The van der Waals surface area contributed by atoms with Crippen molar-refractivity contribution < 1.29 is 9.90 Å². The molecular weight excluding hydrogens is 202 g/mol. The van der Waals surface area contributed by atoms with Gasteiger partial charge in [0, 0.05) is 12.0 Å². The third kappa shape index (κ3) is 3.07. The second-order valence-corrected chi connectivity index (χ2v) is 4.63. The van der Waals surface area contributed by atoms with E-state index in [1.807, 2.05) is 12.1 Å². The number of aryl methyl sites for hydroxylation is 1. The van der Waals surface area contributed by atoms with Gasteiger partial charge < -0.3 is 10.4 Å². The number of aliphatic hydroxyl groups excluding tert-OH is 1. The van der Waals surface area contributed by atoms with Crippen molar-refractivity contribution in [1.82, 2.24) is 5.32 Å². The van der Waals surface area contributed by atoms with Gasteiger partial charge >= 0.3 is 0 Å². The number of hydrogen-bond donors (Lipinski definition) is 2. The van der Waals surface area contributed by atoms with Crippen LogP contribution in [0.1, 0.15) is 25.0 Å². The number of amides is 1. The minimum absolute atomic E-state index is 0.129. The molecule has 1 aromatic carbocycles. The van der Waals surface area contributed by atoms with Gasteiger partial charge in [0.2, 0.25) is 5.91 Å². The van der Waals surface area contributed by atoms with Crippen molar-refractivity contribution in [3.63, 3.8) is 0 Å². The normalized spacial score (nSPS) is 11.2. The summed E-state index contributed by atoms with van der Waals surface area (Å²) in [5.74, 6) is -0.332. The van der Waals surface area contributed by atoms with Crippen LogP contribution in [0.25, 0.3) is 0 Å². The van der Waals surface area contributed by atoms with E-state index < -0.39 is 6.61 Å². The van der Waals surface area contributed by atoms with Crippen LogP contribution in [0.3, 0.4) is 0 Å². The van der Waals surface area contributed by atoms with Gasteiger partial charge in [-0.15, -0.1) is 0 Å². The molecule has 16 heavy (non-hydrogen) atoms. The Morgan fingerprint density at radius 1 is 1.38 bits per heavy atom. The monoisotopic (exact) mass is 221 g/mol. The fourth-order valence-corrected chi connectivity index (χ4v) is 1.80. The lowest BCUT2D eigenvalue weighted by Gasteiger charge is -2.27. The summed E-state index contributed by atoms with van der Waals surface area (Å²) < 4.78 is 0. The maximum atomic E-state index is 11.0. The molecule has 0 atom stereocenters. The fourth-order valence-electron chi connectivity index (χ4n) is 1.80. The summed E-state index contributed by atoms with van der Waals surface area (Å²) in [5, 5.41) is 11.4. The molecule has 0 aromatic heterocycles. The topological polar surface area (TPSA) is 49.3 Å². The number of carbonyl (C=O) groups is 1. The van der Waals surface area contributed by atoms with Crippen molar-refractivity contribution >= 4 is 5.91 Å². The average Bonchev–Trinajstić information content (AvgIpc) is 2.26. The Morgan fingerprint density at radius 3 is 2.56 bits per heavy atom. The van der Waals surface area contributed by atoms with Crippen molar-refractivity contribution in [2.24, 2.45) is 0 Å². The summed E-state index contributed by atoms with van der Waals surface area (Å²) in [6.45, 7) is 6.28. The zero-order valence-electron chi connectivity index (χ0n) is 10.1. The average molecular weight is 221 g/mol. The molecule has 1 rings (SSSR count). The zero-order chi connectivity index (χ0) is 12.2. The van der Waals surface area contributed by atoms with Crippen molar-refractivity contribution in [1.29, 1.82) is 0 Å². The minimum atomic E-state index is -0.455. The molecule has 0 radical (unpaired) electrons. The number of carbonyl (C=O) groups excluding carboxylic acids is 1. The van der Waals surface area contributed by atoms with Gasteiger partial charge in [-0.25, -0.2) is 0 Å². The van der Waals surface area contributed by atoms with Crippen LogP contribution < -0.4 is 5.32 Å². The molecule has 0 fully saturated rings. The van der Waals surface area contributed by atoms with E-state index in [0.29, 0.717) is 6.54 Å². The molecular formula is C13H19NO2. The number of benzene rings is 1. The lowest BCUT2D eigenvalue weighted by atomic mass is 9.82. The van der Waals surface area contributed by atoms with Crippen LogP contribution in [-0.4, -0.2) is 24.2 Å². The summed E-state index contributed by atoms with van der Waals surface area (Å²) in [6.07, 6.45) is 0. The molecule has 0 aliphatic rings. The molecule has 0 unspecified atom stereocenters. The van der Waals surface area contributed by atoms with E-state index in [1.165, 1.54) is 11.1 Å². The molecule has 2 N–H and O–H groups in total. The van der Waals surface area contributed by atoms with Gasteiger partial charge in [-0.05, 0) is 18.1 Å². The van der Waals surface area contributed by atoms with Crippen LogP contribution in [-0.2, 0) is 10.2 Å². The SMILES string of the molecule is Cc1ccccc1C(C)(C)CNC(=O)CO. The summed E-state index contributed by atoms with van der Waals surface area (Å²) in [4.78, 5) is 11.0. The first kappa shape index (κ1) is 12.7. The predicted octanol–water partition coefficient (Wildman–Crippen LogP) is 1.38. The maximum absolute atomic E-state index is 11.0. The Balaban J connectivity index is 2.77. The second kappa shape index (κ2) is 5.12. The first-order chi connectivity index (χ1) is 7.47. The van der Waals surface area contributed by atoms with Crippen LogP contribution in [0.2, 0.25) is 0 Å². The van der Waals surface area contributed by atoms with Gasteiger partial charge in [0.05, 0.1) is 0 Å². The van der Waals surface area contributed by atoms with Crippen molar-refractivity contribution in [2.75, 3.05) is 13.2 Å². The van der Waals surface area contributed by atoms with Crippen molar-refractivity contribution in [3.8, 4) is 0 Å². The van der Waals surface area contributed by atoms with Crippen LogP contribution in [0.15, 0.2) is 24.3 Å². The molecule has 0 heterocycles. The fraction of sp³-hybridized carbons (Fsp3) is 0.462. The Kier molecular flexibility index (Phi) is 4.07. The first-order valence-electron chi connectivity index (χ1n) is 5.41. The van der Waals surface area contributed by atoms with Crippen LogP contribution in [0.5, 0.6) is 0 Å². The summed E-state index contributed by atoms with van der Waals surface area (Å²) in [5.41, 5.74) is 2.30. The number of aliphatic hydroxyl groups is 1. The third-order valence-corrected chi connectivity index (χ3v) is 2.75. The Morgan fingerprint density at radius 2 is 2.00 bits per heavy atom. The quantitative estimate of drug-likeness (QED) is 0.807. The summed E-state index contributed by atoms with van der Waals surface area (Å²) in [6, 6.07) is 8.13. The molecule has 1 aromatic rings. The van der Waals surface area contributed by atoms with E-state index >= 15 is 0 Å². The zero-order valence-corrected chi connectivity index (χ0v) is 10.1. The first-order valence-corrected chi connectivity index (χ1v) is 5.41. The van der Waals surface area contributed by atoms with Gasteiger partial charge in [0.25, 0.3) is 0 Å². The van der Waals surface area contributed by atoms with Crippen LogP contribution >= 0.6 is 0 Å². The molecule has 1 amide bonds. The van der Waals surface area contributed by atoms with Crippen LogP contribution in [0, 0.1) is 6.92 Å². The second-order valence-electron chi connectivity index (χ2n) is 4.63. The maximum Gasteiger partial charge on any atom is 0.245 e. The lowest BCUT2D eigenvalue weighted by molar-refractivity contribution is -0.124. The number of hydrogen-bond acceptors (Lipinski definition) is 2. The van der Waals surface area contributed by atoms with E-state index in [2.05, 4.69) is 38.2 Å². The predicted molar refractivity (Wildman–Crippen MR) is 64.3 cm³/mol. The Labute approximate surface area is 96.5 Å². The number of nitrogens with one attached hydrogen (secondary N) is 1. The molecule has 88 valence electrons. The largest absolute Gasteiger partial charge is 0.387 e. The molecule has 0 bridgehead atoms. The van der Waals surface area contributed by atoms with Gasteiger partial charge in [0.1, 0.15) is 6.61 Å². The molecule has 0 spiro atoms. The molecule has 3 heteroatoms. The molecule has 3 nitrogen and oxygen atoms in total. The van der Waals surface area contributed by atoms with Gasteiger partial charge in [-0.2, -0.15) is 0 Å². The van der Waals surface area contributed by atoms with E-state index in [1.54, 1.807) is 0 Å². The van der Waals surface area contributed by atoms with Crippen LogP contribution in [0.4, 0.5) is 0 Å². The Hall–Kier alpha value is -1.35. The highest BCUT2D eigenvalue weighted by atomic mass is 16.3. The van der Waals surface area contributed by atoms with E-state index in [9.17, 15) is 4.79 Å². The van der Waals surface area contributed by atoms with E-state index in [0.717, 1.165) is 0 Å². The highest BCUT2D eigenvalue weighted by Gasteiger charge is 2.22. The van der Waals surface area contributed by atoms with E-state index in [-0.39, 0.29) is 11.3 Å². The molecule has 0 aliphatic heterocycles. The van der Waals surface area contributed by atoms with Gasteiger partial charge in [0.15, 0.2) is 0 Å². The highest BCUT2D eigenvalue weighted by molar-refractivity contribution is 5.77. The smallest absolute Gasteiger partial charge is 0.245 e. The lowest BCUT2D eigenvalue weighted by Crippen LogP contribution is -2.38. The highest BCUT2D eigenvalue weighted by Crippen LogP contribution is 2.25. The van der Waals surface area contributed by atoms with Gasteiger partial charge in [-0.3, -0.25) is 4.79 Å². The molecule has 0 saturated heterocycles. The Bertz CT molecular complexity index is 372. The summed E-state index contributed by atoms with van der Waals surface area (Å²) in [7, 11) is 0. The summed E-state index contributed by atoms with van der Waals surface area (Å²) >= 11 is 0. The van der Waals surface area contributed by atoms with Crippen molar-refractivity contribution in [3.05, 3.63) is 35.4 Å². The third-order valence-electron chi connectivity index (χ3n) is 2.75. The molecule has 0 aliphatic carbocycles. The molecule has 0 saturated carbocycles. The number of rotatable bonds is 4. The standard InChI is InChI=1S/C13H19NO2/c1-10-6-4-5-7-11(10)13(2,3)9-14-12(16)8-15/h4-7,15H,8-9H2,1-3H3,(H,14,16).